The highest BCUT2D eigenvalue weighted by Gasteiger charge is 2.12. The zero-order valence-corrected chi connectivity index (χ0v) is 9.59. The van der Waals surface area contributed by atoms with Crippen molar-refractivity contribution in [2.45, 2.75) is 19.4 Å². The number of nitrogens with zero attached hydrogens (tertiary/aromatic N) is 2. The Labute approximate surface area is 95.4 Å². The van der Waals surface area contributed by atoms with Crippen molar-refractivity contribution in [3.8, 4) is 0 Å². The minimum atomic E-state index is -0.632. The molecular formula is C13H16N2O. The van der Waals surface area contributed by atoms with Gasteiger partial charge in [-0.1, -0.05) is 31.2 Å². The highest BCUT2D eigenvalue weighted by molar-refractivity contribution is 5.28. The number of hydrogen-bond acceptors (Lipinski definition) is 2. The van der Waals surface area contributed by atoms with E-state index < -0.39 is 6.10 Å². The molecule has 1 unspecified atom stereocenters. The molecule has 2 rings (SSSR count). The molecule has 1 atom stereocenters. The van der Waals surface area contributed by atoms with Crippen molar-refractivity contribution in [2.24, 2.45) is 7.05 Å². The zero-order chi connectivity index (χ0) is 11.5. The standard InChI is InChI=1S/C13H16N2O/c1-3-10-4-6-11(7-5-10)13(16)12-8-15(2)9-14-12/h4-9,13,16H,3H2,1-2H3. The quantitative estimate of drug-likeness (QED) is 0.852. The van der Waals surface area contributed by atoms with E-state index in [0.29, 0.717) is 5.69 Å². The third-order valence-electron chi connectivity index (χ3n) is 2.71. The maximum Gasteiger partial charge on any atom is 0.122 e. The fraction of sp³-hybridized carbons (Fsp3) is 0.308. The van der Waals surface area contributed by atoms with Gasteiger partial charge < -0.3 is 9.67 Å². The number of benzene rings is 1. The molecule has 0 bridgehead atoms. The van der Waals surface area contributed by atoms with E-state index in [0.717, 1.165) is 12.0 Å². The summed E-state index contributed by atoms with van der Waals surface area (Å²) in [5.74, 6) is 0. The van der Waals surface area contributed by atoms with Crippen LogP contribution in [0, 0.1) is 0 Å². The lowest BCUT2D eigenvalue weighted by molar-refractivity contribution is 0.216. The van der Waals surface area contributed by atoms with Gasteiger partial charge in [-0.2, -0.15) is 0 Å². The Bertz CT molecular complexity index is 459. The van der Waals surface area contributed by atoms with Crippen molar-refractivity contribution in [1.82, 2.24) is 9.55 Å². The highest BCUT2D eigenvalue weighted by atomic mass is 16.3. The molecule has 1 aromatic carbocycles. The van der Waals surface area contributed by atoms with Gasteiger partial charge in [-0.05, 0) is 17.5 Å². The first kappa shape index (κ1) is 10.9. The van der Waals surface area contributed by atoms with Crippen molar-refractivity contribution < 1.29 is 5.11 Å². The van der Waals surface area contributed by atoms with Gasteiger partial charge in [0, 0.05) is 13.2 Å². The van der Waals surface area contributed by atoms with Crippen LogP contribution in [0.25, 0.3) is 0 Å². The Morgan fingerprint density at radius 3 is 2.50 bits per heavy atom. The van der Waals surface area contributed by atoms with Crippen molar-refractivity contribution >= 4 is 0 Å². The second-order valence-electron chi connectivity index (χ2n) is 3.96. The van der Waals surface area contributed by atoms with Gasteiger partial charge >= 0.3 is 0 Å². The summed E-state index contributed by atoms with van der Waals surface area (Å²) in [6.07, 6.45) is 3.91. The molecule has 0 radical (unpaired) electrons. The summed E-state index contributed by atoms with van der Waals surface area (Å²) < 4.78 is 1.83. The van der Waals surface area contributed by atoms with Crippen LogP contribution in [0.5, 0.6) is 0 Å². The monoisotopic (exact) mass is 216 g/mol. The van der Waals surface area contributed by atoms with Crippen molar-refractivity contribution in [2.75, 3.05) is 0 Å². The highest BCUT2D eigenvalue weighted by Crippen LogP contribution is 2.20. The number of aliphatic hydroxyl groups excluding tert-OH is 1. The molecule has 1 aromatic heterocycles. The summed E-state index contributed by atoms with van der Waals surface area (Å²) in [5, 5.41) is 10.1. The van der Waals surface area contributed by atoms with Crippen LogP contribution in [-0.4, -0.2) is 14.7 Å². The average molecular weight is 216 g/mol. The molecule has 0 saturated heterocycles. The van der Waals surface area contributed by atoms with Crippen LogP contribution in [0.1, 0.15) is 29.8 Å². The van der Waals surface area contributed by atoms with Crippen LogP contribution in [-0.2, 0) is 13.5 Å². The minimum Gasteiger partial charge on any atom is -0.382 e. The van der Waals surface area contributed by atoms with Gasteiger partial charge in [0.25, 0.3) is 0 Å². The lowest BCUT2D eigenvalue weighted by atomic mass is 10.0. The molecule has 0 amide bonds. The topological polar surface area (TPSA) is 38.0 Å². The summed E-state index contributed by atoms with van der Waals surface area (Å²) in [7, 11) is 1.89. The molecule has 0 aliphatic heterocycles. The molecule has 1 heterocycles. The van der Waals surface area contributed by atoms with E-state index in [1.54, 1.807) is 6.33 Å². The van der Waals surface area contributed by atoms with Crippen LogP contribution in [0.15, 0.2) is 36.8 Å². The smallest absolute Gasteiger partial charge is 0.122 e. The first-order valence-corrected chi connectivity index (χ1v) is 5.45. The first-order valence-electron chi connectivity index (χ1n) is 5.45. The van der Waals surface area contributed by atoms with Crippen LogP contribution in [0.2, 0.25) is 0 Å². The Kier molecular flexibility index (Phi) is 3.06. The Morgan fingerprint density at radius 1 is 1.31 bits per heavy atom. The van der Waals surface area contributed by atoms with Crippen LogP contribution < -0.4 is 0 Å². The number of rotatable bonds is 3. The molecule has 0 aliphatic rings. The van der Waals surface area contributed by atoms with Gasteiger partial charge in [0.2, 0.25) is 0 Å². The van der Waals surface area contributed by atoms with Crippen LogP contribution >= 0.6 is 0 Å². The lowest BCUT2D eigenvalue weighted by Crippen LogP contribution is -2.00. The van der Waals surface area contributed by atoms with Crippen molar-refractivity contribution in [3.63, 3.8) is 0 Å². The summed E-state index contributed by atoms with van der Waals surface area (Å²) in [6.45, 7) is 2.12. The molecule has 3 heteroatoms. The van der Waals surface area contributed by atoms with E-state index in [2.05, 4.69) is 11.9 Å². The van der Waals surface area contributed by atoms with E-state index >= 15 is 0 Å². The van der Waals surface area contributed by atoms with Gasteiger partial charge in [-0.3, -0.25) is 0 Å². The Balaban J connectivity index is 2.23. The number of hydrogen-bond donors (Lipinski definition) is 1. The molecule has 84 valence electrons. The SMILES string of the molecule is CCc1ccc(C(O)c2cn(C)cn2)cc1. The fourth-order valence-corrected chi connectivity index (χ4v) is 1.68. The molecule has 16 heavy (non-hydrogen) atoms. The van der Waals surface area contributed by atoms with Crippen LogP contribution in [0.3, 0.4) is 0 Å². The molecule has 3 nitrogen and oxygen atoms in total. The van der Waals surface area contributed by atoms with Gasteiger partial charge in [0.05, 0.1) is 12.0 Å². The molecule has 2 aromatic rings. The van der Waals surface area contributed by atoms with E-state index in [9.17, 15) is 5.11 Å². The predicted molar refractivity (Wildman–Crippen MR) is 63.1 cm³/mol. The molecule has 0 saturated carbocycles. The van der Waals surface area contributed by atoms with Crippen molar-refractivity contribution in [1.29, 1.82) is 0 Å². The molecule has 1 N–H and O–H groups in total. The number of imidazole rings is 1. The number of aryl methyl sites for hydroxylation is 2. The second-order valence-corrected chi connectivity index (χ2v) is 3.96. The van der Waals surface area contributed by atoms with Gasteiger partial charge in [0.15, 0.2) is 0 Å². The van der Waals surface area contributed by atoms with E-state index in [1.807, 2.05) is 42.1 Å². The minimum absolute atomic E-state index is 0.632. The third-order valence-corrected chi connectivity index (χ3v) is 2.71. The van der Waals surface area contributed by atoms with Crippen molar-refractivity contribution in [3.05, 3.63) is 53.6 Å². The Morgan fingerprint density at radius 2 is 2.00 bits per heavy atom. The van der Waals surface area contributed by atoms with Gasteiger partial charge in [0.1, 0.15) is 6.10 Å². The van der Waals surface area contributed by atoms with Gasteiger partial charge in [-0.25, -0.2) is 4.98 Å². The lowest BCUT2D eigenvalue weighted by Gasteiger charge is -2.08. The maximum absolute atomic E-state index is 10.1. The third kappa shape index (κ3) is 2.14. The molecule has 0 aliphatic carbocycles. The fourth-order valence-electron chi connectivity index (χ4n) is 1.68. The largest absolute Gasteiger partial charge is 0.382 e. The van der Waals surface area contributed by atoms with E-state index in [4.69, 9.17) is 0 Å². The summed E-state index contributed by atoms with van der Waals surface area (Å²) in [5.41, 5.74) is 2.85. The normalized spacial score (nSPS) is 12.7. The van der Waals surface area contributed by atoms with E-state index in [-0.39, 0.29) is 0 Å². The molecular weight excluding hydrogens is 200 g/mol. The molecule has 0 fully saturated rings. The predicted octanol–water partition coefficient (Wildman–Crippen LogP) is 2.06. The summed E-state index contributed by atoms with van der Waals surface area (Å²) in [4.78, 5) is 4.15. The number of aliphatic hydroxyl groups is 1. The number of aromatic nitrogens is 2. The second kappa shape index (κ2) is 4.49. The average Bonchev–Trinajstić information content (AvgIpc) is 2.75. The zero-order valence-electron chi connectivity index (χ0n) is 9.59. The molecule has 0 spiro atoms. The van der Waals surface area contributed by atoms with E-state index in [1.165, 1.54) is 5.56 Å². The Hall–Kier alpha value is -1.61. The summed E-state index contributed by atoms with van der Waals surface area (Å²) >= 11 is 0. The maximum atomic E-state index is 10.1. The van der Waals surface area contributed by atoms with Gasteiger partial charge in [-0.15, -0.1) is 0 Å². The first-order chi connectivity index (χ1) is 7.70. The van der Waals surface area contributed by atoms with Crippen LogP contribution in [0.4, 0.5) is 0 Å². The summed E-state index contributed by atoms with van der Waals surface area (Å²) in [6, 6.07) is 8.00.